The number of hydrogen-bond acceptors (Lipinski definition) is 4. The number of anilines is 1. The van der Waals surface area contributed by atoms with Gasteiger partial charge in [-0.1, -0.05) is 18.2 Å². The number of hydrogen-bond donors (Lipinski definition) is 0. The standard InChI is InChI=1S/C21H29N3O3/c25-20-14-18(16-24(20)19-4-2-1-3-5-19)21(26)23-8-6-17(7-9-23)15-22-10-12-27-13-11-22/h1-5,17-18H,6-16H2. The summed E-state index contributed by atoms with van der Waals surface area (Å²) in [5.74, 6) is 0.681. The lowest BCUT2D eigenvalue weighted by atomic mass is 9.94. The van der Waals surface area contributed by atoms with E-state index in [1.165, 1.54) is 0 Å². The smallest absolute Gasteiger partial charge is 0.228 e. The van der Waals surface area contributed by atoms with Crippen LogP contribution in [-0.2, 0) is 14.3 Å². The van der Waals surface area contributed by atoms with E-state index in [9.17, 15) is 9.59 Å². The maximum absolute atomic E-state index is 12.9. The number of para-hydroxylation sites is 1. The Morgan fingerprint density at radius 2 is 1.74 bits per heavy atom. The molecule has 2 amide bonds. The van der Waals surface area contributed by atoms with E-state index in [-0.39, 0.29) is 17.7 Å². The molecule has 0 bridgehead atoms. The summed E-state index contributed by atoms with van der Waals surface area (Å²) >= 11 is 0. The SMILES string of the molecule is O=C(C1CC(=O)N(c2ccccc2)C1)N1CCC(CN2CCOCC2)CC1. The second-order valence-corrected chi connectivity index (χ2v) is 7.92. The molecule has 27 heavy (non-hydrogen) atoms. The van der Waals surface area contributed by atoms with Crippen LogP contribution >= 0.6 is 0 Å². The van der Waals surface area contributed by atoms with E-state index in [0.717, 1.165) is 64.5 Å². The molecule has 6 heteroatoms. The van der Waals surface area contributed by atoms with Crippen molar-refractivity contribution in [2.75, 3.05) is 57.4 Å². The van der Waals surface area contributed by atoms with Gasteiger partial charge in [-0.05, 0) is 30.9 Å². The fourth-order valence-corrected chi connectivity index (χ4v) is 4.47. The monoisotopic (exact) mass is 371 g/mol. The van der Waals surface area contributed by atoms with Gasteiger partial charge in [0.2, 0.25) is 11.8 Å². The third-order valence-electron chi connectivity index (χ3n) is 6.09. The molecule has 1 aromatic carbocycles. The van der Waals surface area contributed by atoms with Crippen LogP contribution in [0.25, 0.3) is 0 Å². The molecule has 3 aliphatic heterocycles. The molecular formula is C21H29N3O3. The zero-order chi connectivity index (χ0) is 18.6. The third kappa shape index (κ3) is 4.33. The maximum atomic E-state index is 12.9. The van der Waals surface area contributed by atoms with Crippen molar-refractivity contribution in [3.63, 3.8) is 0 Å². The molecule has 4 rings (SSSR count). The fraction of sp³-hybridized carbons (Fsp3) is 0.619. The fourth-order valence-electron chi connectivity index (χ4n) is 4.47. The molecule has 1 unspecified atom stereocenters. The maximum Gasteiger partial charge on any atom is 0.228 e. The van der Waals surface area contributed by atoms with Gasteiger partial charge in [-0.15, -0.1) is 0 Å². The zero-order valence-electron chi connectivity index (χ0n) is 15.9. The van der Waals surface area contributed by atoms with Crippen LogP contribution < -0.4 is 4.90 Å². The summed E-state index contributed by atoms with van der Waals surface area (Å²) in [6.07, 6.45) is 2.46. The first-order valence-electron chi connectivity index (χ1n) is 10.1. The van der Waals surface area contributed by atoms with Crippen LogP contribution in [0.2, 0.25) is 0 Å². The summed E-state index contributed by atoms with van der Waals surface area (Å²) < 4.78 is 5.42. The van der Waals surface area contributed by atoms with Crippen LogP contribution in [0.1, 0.15) is 19.3 Å². The molecule has 1 atom stereocenters. The first-order valence-corrected chi connectivity index (χ1v) is 10.1. The van der Waals surface area contributed by atoms with Crippen molar-refractivity contribution in [1.82, 2.24) is 9.80 Å². The third-order valence-corrected chi connectivity index (χ3v) is 6.09. The Morgan fingerprint density at radius 3 is 2.44 bits per heavy atom. The summed E-state index contributed by atoms with van der Waals surface area (Å²) in [6.45, 7) is 7.01. The lowest BCUT2D eigenvalue weighted by Crippen LogP contribution is -2.46. The van der Waals surface area contributed by atoms with Crippen molar-refractivity contribution in [3.8, 4) is 0 Å². The molecule has 6 nitrogen and oxygen atoms in total. The van der Waals surface area contributed by atoms with Gasteiger partial charge in [-0.25, -0.2) is 0 Å². The van der Waals surface area contributed by atoms with Crippen LogP contribution in [0, 0.1) is 11.8 Å². The molecule has 0 radical (unpaired) electrons. The summed E-state index contributed by atoms with van der Waals surface area (Å²) in [5, 5.41) is 0. The van der Waals surface area contributed by atoms with Crippen LogP contribution in [-0.4, -0.2) is 74.1 Å². The van der Waals surface area contributed by atoms with Gasteiger partial charge >= 0.3 is 0 Å². The average molecular weight is 371 g/mol. The van der Waals surface area contributed by atoms with Crippen LogP contribution in [0.4, 0.5) is 5.69 Å². The van der Waals surface area contributed by atoms with Gasteiger partial charge in [-0.2, -0.15) is 0 Å². The lowest BCUT2D eigenvalue weighted by molar-refractivity contribution is -0.137. The number of benzene rings is 1. The predicted molar refractivity (Wildman–Crippen MR) is 103 cm³/mol. The topological polar surface area (TPSA) is 53.1 Å². The van der Waals surface area contributed by atoms with E-state index in [4.69, 9.17) is 4.74 Å². The first-order chi connectivity index (χ1) is 13.2. The lowest BCUT2D eigenvalue weighted by Gasteiger charge is -2.36. The Bertz CT molecular complexity index is 652. The zero-order valence-corrected chi connectivity index (χ0v) is 15.9. The molecule has 0 spiro atoms. The molecule has 0 saturated carbocycles. The molecule has 3 saturated heterocycles. The van der Waals surface area contributed by atoms with Crippen molar-refractivity contribution in [1.29, 1.82) is 0 Å². The van der Waals surface area contributed by atoms with Gasteiger partial charge in [0.25, 0.3) is 0 Å². The predicted octanol–water partition coefficient (Wildman–Crippen LogP) is 1.61. The van der Waals surface area contributed by atoms with E-state index in [1.807, 2.05) is 35.2 Å². The van der Waals surface area contributed by atoms with Crippen LogP contribution in [0.15, 0.2) is 30.3 Å². The number of carbonyl (C=O) groups is 2. The van der Waals surface area contributed by atoms with E-state index >= 15 is 0 Å². The molecule has 3 fully saturated rings. The quantitative estimate of drug-likeness (QED) is 0.807. The summed E-state index contributed by atoms with van der Waals surface area (Å²) in [7, 11) is 0. The molecule has 146 valence electrons. The Kier molecular flexibility index (Phi) is 5.74. The number of rotatable bonds is 4. The Balaban J connectivity index is 1.27. The second kappa shape index (κ2) is 8.40. The largest absolute Gasteiger partial charge is 0.379 e. The van der Waals surface area contributed by atoms with Crippen molar-refractivity contribution in [2.24, 2.45) is 11.8 Å². The van der Waals surface area contributed by atoms with Gasteiger partial charge in [0.05, 0.1) is 19.1 Å². The summed E-state index contributed by atoms with van der Waals surface area (Å²) in [5.41, 5.74) is 0.891. The minimum Gasteiger partial charge on any atom is -0.379 e. The molecule has 3 heterocycles. The Hall–Kier alpha value is -1.92. The Morgan fingerprint density at radius 1 is 1.04 bits per heavy atom. The number of amides is 2. The van der Waals surface area contributed by atoms with Crippen LogP contribution in [0.3, 0.4) is 0 Å². The van der Waals surface area contributed by atoms with Gasteiger partial charge in [0.1, 0.15) is 0 Å². The molecule has 0 aromatic heterocycles. The highest BCUT2D eigenvalue weighted by Crippen LogP contribution is 2.28. The highest BCUT2D eigenvalue weighted by molar-refractivity contribution is 6.00. The molecule has 3 aliphatic rings. The van der Waals surface area contributed by atoms with Crippen LogP contribution in [0.5, 0.6) is 0 Å². The number of likely N-dealkylation sites (tertiary alicyclic amines) is 1. The molecule has 1 aromatic rings. The van der Waals surface area contributed by atoms with Gasteiger partial charge in [0.15, 0.2) is 0 Å². The minimum atomic E-state index is -0.200. The van der Waals surface area contributed by atoms with E-state index in [0.29, 0.717) is 18.9 Å². The molecular weight excluding hydrogens is 342 g/mol. The van der Waals surface area contributed by atoms with Gasteiger partial charge in [-0.3, -0.25) is 14.5 Å². The van der Waals surface area contributed by atoms with Gasteiger partial charge in [0, 0.05) is 51.4 Å². The summed E-state index contributed by atoms with van der Waals surface area (Å²) in [4.78, 5) is 31.6. The minimum absolute atomic E-state index is 0.0572. The number of ether oxygens (including phenoxy) is 1. The Labute approximate surface area is 161 Å². The van der Waals surface area contributed by atoms with E-state index in [2.05, 4.69) is 4.90 Å². The highest BCUT2D eigenvalue weighted by atomic mass is 16.5. The number of morpholine rings is 1. The normalized spacial score (nSPS) is 25.2. The second-order valence-electron chi connectivity index (χ2n) is 7.92. The summed E-state index contributed by atoms with van der Waals surface area (Å²) in [6, 6.07) is 9.66. The average Bonchev–Trinajstić information content (AvgIpc) is 3.11. The number of nitrogens with zero attached hydrogens (tertiary/aromatic N) is 3. The highest BCUT2D eigenvalue weighted by Gasteiger charge is 2.38. The van der Waals surface area contributed by atoms with Gasteiger partial charge < -0.3 is 14.5 Å². The van der Waals surface area contributed by atoms with Crippen molar-refractivity contribution < 1.29 is 14.3 Å². The number of carbonyl (C=O) groups excluding carboxylic acids is 2. The molecule has 0 aliphatic carbocycles. The van der Waals surface area contributed by atoms with Crippen molar-refractivity contribution in [2.45, 2.75) is 19.3 Å². The van der Waals surface area contributed by atoms with Crippen molar-refractivity contribution in [3.05, 3.63) is 30.3 Å². The van der Waals surface area contributed by atoms with E-state index in [1.54, 1.807) is 4.90 Å². The van der Waals surface area contributed by atoms with E-state index < -0.39 is 0 Å². The first kappa shape index (κ1) is 18.4. The number of piperidine rings is 1. The van der Waals surface area contributed by atoms with Crippen molar-refractivity contribution >= 4 is 17.5 Å². The molecule has 0 N–H and O–H groups in total.